The maximum absolute atomic E-state index is 12.2. The zero-order chi connectivity index (χ0) is 17.0. The highest BCUT2D eigenvalue weighted by Gasteiger charge is 2.18. The number of hydrogen-bond donors (Lipinski definition) is 1. The quantitative estimate of drug-likeness (QED) is 0.299. The molecule has 0 spiro atoms. The molecule has 0 aliphatic heterocycles. The fourth-order valence-corrected chi connectivity index (χ4v) is 1.95. The van der Waals surface area contributed by atoms with Crippen molar-refractivity contribution >= 4 is 23.1 Å². The van der Waals surface area contributed by atoms with Gasteiger partial charge in [-0.1, -0.05) is 0 Å². The fraction of sp³-hybridized carbons (Fsp3) is 0.125. The highest BCUT2D eigenvalue weighted by atomic mass is 16.6. The number of nitrogens with one attached hydrogen (secondary N) is 1. The Bertz CT molecular complexity index is 769. The van der Waals surface area contributed by atoms with Crippen LogP contribution in [0.3, 0.4) is 0 Å². The Morgan fingerprint density at radius 3 is 2.30 bits per heavy atom. The number of anilines is 1. The van der Waals surface area contributed by atoms with Crippen LogP contribution in [0.2, 0.25) is 0 Å². The Balaban J connectivity index is 2.27. The number of ketones is 1. The molecule has 0 aliphatic carbocycles. The largest absolute Gasteiger partial charge is 0.423 e. The van der Waals surface area contributed by atoms with Crippen LogP contribution >= 0.6 is 0 Å². The molecule has 0 aliphatic rings. The Hall–Kier alpha value is -3.22. The van der Waals surface area contributed by atoms with Crippen LogP contribution in [0.5, 0.6) is 5.75 Å². The lowest BCUT2D eigenvalue weighted by atomic mass is 10.1. The van der Waals surface area contributed by atoms with Crippen molar-refractivity contribution in [3.05, 3.63) is 63.7 Å². The highest BCUT2D eigenvalue weighted by Crippen LogP contribution is 2.24. The molecule has 23 heavy (non-hydrogen) atoms. The zero-order valence-corrected chi connectivity index (χ0v) is 12.5. The molecule has 0 saturated carbocycles. The topological polar surface area (TPSA) is 98.5 Å². The lowest BCUT2D eigenvalue weighted by molar-refractivity contribution is -0.384. The minimum atomic E-state index is -0.728. The third-order valence-electron chi connectivity index (χ3n) is 3.17. The molecule has 0 fully saturated rings. The van der Waals surface area contributed by atoms with E-state index < -0.39 is 10.9 Å². The van der Waals surface area contributed by atoms with E-state index in [9.17, 15) is 19.7 Å². The van der Waals surface area contributed by atoms with Crippen molar-refractivity contribution in [2.24, 2.45) is 0 Å². The van der Waals surface area contributed by atoms with E-state index in [4.69, 9.17) is 4.74 Å². The molecule has 2 aromatic carbocycles. The van der Waals surface area contributed by atoms with Gasteiger partial charge in [-0.2, -0.15) is 0 Å². The van der Waals surface area contributed by atoms with Gasteiger partial charge in [-0.3, -0.25) is 14.9 Å². The van der Waals surface area contributed by atoms with Gasteiger partial charge in [-0.05, 0) is 37.3 Å². The molecule has 2 rings (SSSR count). The molecule has 0 radical (unpaired) electrons. The van der Waals surface area contributed by atoms with E-state index in [0.717, 1.165) is 6.07 Å². The van der Waals surface area contributed by atoms with Gasteiger partial charge >= 0.3 is 5.97 Å². The summed E-state index contributed by atoms with van der Waals surface area (Å²) in [6, 6.07) is 9.95. The summed E-state index contributed by atoms with van der Waals surface area (Å²) in [4.78, 5) is 33.7. The summed E-state index contributed by atoms with van der Waals surface area (Å²) in [7, 11) is 1.60. The van der Waals surface area contributed by atoms with Crippen molar-refractivity contribution in [1.82, 2.24) is 0 Å². The second kappa shape index (κ2) is 6.69. The molecule has 0 unspecified atom stereocenters. The first-order chi connectivity index (χ1) is 10.9. The minimum absolute atomic E-state index is 0.0531. The van der Waals surface area contributed by atoms with Crippen molar-refractivity contribution in [2.75, 3.05) is 12.4 Å². The summed E-state index contributed by atoms with van der Waals surface area (Å²) in [6.07, 6.45) is 0. The number of esters is 1. The van der Waals surface area contributed by atoms with Gasteiger partial charge in [0.2, 0.25) is 0 Å². The smallest absolute Gasteiger partial charge is 0.345 e. The molecule has 2 aromatic rings. The number of nitrogens with zero attached hydrogens (tertiary/aromatic N) is 1. The Morgan fingerprint density at radius 2 is 1.78 bits per heavy atom. The predicted molar refractivity (Wildman–Crippen MR) is 84.0 cm³/mol. The van der Waals surface area contributed by atoms with Crippen LogP contribution in [0.4, 0.5) is 11.4 Å². The summed E-state index contributed by atoms with van der Waals surface area (Å²) >= 11 is 0. The van der Waals surface area contributed by atoms with Crippen molar-refractivity contribution in [3.63, 3.8) is 0 Å². The third kappa shape index (κ3) is 3.70. The van der Waals surface area contributed by atoms with Gasteiger partial charge in [0.1, 0.15) is 5.75 Å². The number of hydrogen-bond acceptors (Lipinski definition) is 6. The maximum Gasteiger partial charge on any atom is 0.345 e. The van der Waals surface area contributed by atoms with Crippen LogP contribution in [-0.4, -0.2) is 23.7 Å². The van der Waals surface area contributed by atoms with E-state index in [1.165, 1.54) is 43.3 Å². The first-order valence-corrected chi connectivity index (χ1v) is 6.71. The van der Waals surface area contributed by atoms with Crippen LogP contribution in [-0.2, 0) is 0 Å². The van der Waals surface area contributed by atoms with Gasteiger partial charge in [0.15, 0.2) is 5.78 Å². The molecule has 0 bridgehead atoms. The number of carbonyl (C=O) groups excluding carboxylic acids is 2. The van der Waals surface area contributed by atoms with Gasteiger partial charge < -0.3 is 10.1 Å². The summed E-state index contributed by atoms with van der Waals surface area (Å²) in [5.74, 6) is -0.582. The van der Waals surface area contributed by atoms with E-state index >= 15 is 0 Å². The molecule has 0 aromatic heterocycles. The monoisotopic (exact) mass is 314 g/mol. The van der Waals surface area contributed by atoms with Crippen LogP contribution in [0, 0.1) is 10.1 Å². The van der Waals surface area contributed by atoms with Gasteiger partial charge in [-0.25, -0.2) is 4.79 Å². The first-order valence-electron chi connectivity index (χ1n) is 6.71. The molecule has 0 atom stereocenters. The van der Waals surface area contributed by atoms with Gasteiger partial charge in [0.05, 0.1) is 10.5 Å². The average molecular weight is 314 g/mol. The van der Waals surface area contributed by atoms with E-state index in [-0.39, 0.29) is 22.8 Å². The lowest BCUT2D eigenvalue weighted by Crippen LogP contribution is -2.11. The van der Waals surface area contributed by atoms with Gasteiger partial charge in [-0.15, -0.1) is 0 Å². The SMILES string of the molecule is CNc1ccc([N+](=O)[O-])cc1C(=O)Oc1ccc(C(C)=O)cc1. The Labute approximate surface area is 132 Å². The van der Waals surface area contributed by atoms with E-state index in [1.807, 2.05) is 0 Å². The number of rotatable bonds is 5. The Morgan fingerprint density at radius 1 is 1.13 bits per heavy atom. The number of non-ortho nitro benzene ring substituents is 1. The molecule has 0 heterocycles. The van der Waals surface area contributed by atoms with Crippen LogP contribution in [0.1, 0.15) is 27.6 Å². The van der Waals surface area contributed by atoms with Crippen LogP contribution < -0.4 is 10.1 Å². The number of nitro groups is 1. The summed E-state index contributed by atoms with van der Waals surface area (Å²) < 4.78 is 5.20. The second-order valence-corrected chi connectivity index (χ2v) is 4.71. The van der Waals surface area contributed by atoms with Gasteiger partial charge in [0.25, 0.3) is 5.69 Å². The van der Waals surface area contributed by atoms with E-state index in [2.05, 4.69) is 5.32 Å². The van der Waals surface area contributed by atoms with E-state index in [0.29, 0.717) is 11.3 Å². The summed E-state index contributed by atoms with van der Waals surface area (Å²) in [5, 5.41) is 13.6. The molecule has 1 N–H and O–H groups in total. The number of benzene rings is 2. The normalized spacial score (nSPS) is 10.0. The van der Waals surface area contributed by atoms with Crippen LogP contribution in [0.25, 0.3) is 0 Å². The second-order valence-electron chi connectivity index (χ2n) is 4.71. The van der Waals surface area contributed by atoms with Crippen molar-refractivity contribution in [3.8, 4) is 5.75 Å². The standard InChI is InChI=1S/C16H14N2O5/c1-10(19)11-3-6-13(7-4-11)23-16(20)14-9-12(18(21)22)5-8-15(14)17-2/h3-9,17H,1-2H3. The number of carbonyl (C=O) groups is 2. The van der Waals surface area contributed by atoms with E-state index in [1.54, 1.807) is 7.05 Å². The molecule has 7 nitrogen and oxygen atoms in total. The summed E-state index contributed by atoms with van der Waals surface area (Å²) in [5.41, 5.74) is 0.761. The Kier molecular flexibility index (Phi) is 4.70. The summed E-state index contributed by atoms with van der Waals surface area (Å²) in [6.45, 7) is 1.43. The van der Waals surface area contributed by atoms with Crippen LogP contribution in [0.15, 0.2) is 42.5 Å². The molecule has 118 valence electrons. The molecule has 7 heteroatoms. The van der Waals surface area contributed by atoms with Crippen molar-refractivity contribution in [1.29, 1.82) is 0 Å². The molecule has 0 saturated heterocycles. The number of ether oxygens (including phenoxy) is 1. The highest BCUT2D eigenvalue weighted by molar-refractivity contribution is 5.98. The number of Topliss-reactive ketones (excluding diaryl/α,β-unsaturated/α-hetero) is 1. The molecular weight excluding hydrogens is 300 g/mol. The third-order valence-corrected chi connectivity index (χ3v) is 3.17. The van der Waals surface area contributed by atoms with Crippen molar-refractivity contribution < 1.29 is 19.2 Å². The van der Waals surface area contributed by atoms with Gasteiger partial charge in [0, 0.05) is 30.4 Å². The first kappa shape index (κ1) is 16.2. The maximum atomic E-state index is 12.2. The minimum Gasteiger partial charge on any atom is -0.423 e. The predicted octanol–water partition coefficient (Wildman–Crippen LogP) is 3.06. The van der Waals surface area contributed by atoms with Crippen molar-refractivity contribution in [2.45, 2.75) is 6.92 Å². The average Bonchev–Trinajstić information content (AvgIpc) is 2.54. The lowest BCUT2D eigenvalue weighted by Gasteiger charge is -2.09. The zero-order valence-electron chi connectivity index (χ0n) is 12.5. The molecular formula is C16H14N2O5. The number of nitro benzene ring substituents is 1. The molecule has 0 amide bonds. The fourth-order valence-electron chi connectivity index (χ4n) is 1.95.